The molecule has 1 rings (SSSR count). The molecule has 2 unspecified atom stereocenters. The maximum atomic E-state index is 11.9. The van der Waals surface area contributed by atoms with Gasteiger partial charge in [0.05, 0.1) is 18.5 Å². The van der Waals surface area contributed by atoms with E-state index in [-0.39, 0.29) is 25.3 Å². The van der Waals surface area contributed by atoms with Gasteiger partial charge in [0.15, 0.2) is 0 Å². The van der Waals surface area contributed by atoms with Gasteiger partial charge in [-0.25, -0.2) is 4.79 Å². The van der Waals surface area contributed by atoms with E-state index in [0.717, 1.165) is 0 Å². The molecule has 21 heavy (non-hydrogen) atoms. The minimum atomic E-state index is -1.03. The molecule has 0 aliphatic carbocycles. The number of carbonyl (C=O) groups excluding carboxylic acids is 2. The molecular formula is C14H22N2O5. The number of hydrogen-bond acceptors (Lipinski definition) is 4. The van der Waals surface area contributed by atoms with Crippen LogP contribution in [0.3, 0.4) is 0 Å². The lowest BCUT2D eigenvalue weighted by atomic mass is 10.1. The van der Waals surface area contributed by atoms with E-state index in [2.05, 4.69) is 11.9 Å². The number of nitrogens with zero attached hydrogens (tertiary/aromatic N) is 1. The van der Waals surface area contributed by atoms with Gasteiger partial charge in [-0.3, -0.25) is 9.59 Å². The number of alkyl carbamates (subject to hydrolysis) is 1. The van der Waals surface area contributed by atoms with Crippen LogP contribution in [0, 0.1) is 0 Å². The van der Waals surface area contributed by atoms with Crippen LogP contribution in [-0.4, -0.2) is 52.2 Å². The van der Waals surface area contributed by atoms with Crippen molar-refractivity contribution in [2.75, 3.05) is 6.54 Å². The van der Waals surface area contributed by atoms with Gasteiger partial charge in [-0.15, -0.1) is 6.58 Å². The Hall–Kier alpha value is -2.05. The first-order chi connectivity index (χ1) is 9.64. The number of rotatable bonds is 5. The van der Waals surface area contributed by atoms with Crippen LogP contribution >= 0.6 is 0 Å². The fourth-order valence-corrected chi connectivity index (χ4v) is 2.26. The summed E-state index contributed by atoms with van der Waals surface area (Å²) in [5.41, 5.74) is -0.657. The van der Waals surface area contributed by atoms with E-state index in [9.17, 15) is 14.4 Å². The number of carboxylic acids is 1. The van der Waals surface area contributed by atoms with Crippen molar-refractivity contribution >= 4 is 18.0 Å². The van der Waals surface area contributed by atoms with Gasteiger partial charge in [0.25, 0.3) is 0 Å². The van der Waals surface area contributed by atoms with Crippen LogP contribution in [0.25, 0.3) is 0 Å². The monoisotopic (exact) mass is 298 g/mol. The third kappa shape index (κ3) is 5.09. The number of carboxylic acid groups (broad SMARTS) is 1. The Morgan fingerprint density at radius 3 is 2.62 bits per heavy atom. The number of aliphatic carboxylic acids is 1. The second-order valence-corrected chi connectivity index (χ2v) is 5.96. The lowest BCUT2D eigenvalue weighted by Gasteiger charge is -2.27. The smallest absolute Gasteiger partial charge is 0.407 e. The molecule has 0 aromatic rings. The molecule has 118 valence electrons. The van der Waals surface area contributed by atoms with E-state index >= 15 is 0 Å². The van der Waals surface area contributed by atoms with E-state index in [0.29, 0.717) is 0 Å². The Bertz CT molecular complexity index is 441. The van der Waals surface area contributed by atoms with Gasteiger partial charge in [-0.05, 0) is 20.8 Å². The number of ether oxygens (including phenoxy) is 1. The molecule has 0 aromatic carbocycles. The molecule has 1 heterocycles. The number of carbonyl (C=O) groups is 3. The van der Waals surface area contributed by atoms with E-state index in [4.69, 9.17) is 9.84 Å². The Labute approximate surface area is 123 Å². The number of hydrogen-bond donors (Lipinski definition) is 2. The van der Waals surface area contributed by atoms with Crippen molar-refractivity contribution in [3.63, 3.8) is 0 Å². The van der Waals surface area contributed by atoms with Crippen molar-refractivity contribution in [3.05, 3.63) is 12.7 Å². The zero-order chi connectivity index (χ0) is 16.2. The largest absolute Gasteiger partial charge is 0.481 e. The average molecular weight is 298 g/mol. The Kier molecular flexibility index (Phi) is 5.34. The molecule has 0 aromatic heterocycles. The first-order valence-electron chi connectivity index (χ1n) is 6.75. The van der Waals surface area contributed by atoms with Crippen LogP contribution in [0.15, 0.2) is 12.7 Å². The summed E-state index contributed by atoms with van der Waals surface area (Å²) in [6, 6.07) is -1.18. The lowest BCUT2D eigenvalue weighted by molar-refractivity contribution is -0.139. The standard InChI is InChI=1S/C14H22N2O5/c1-5-6-16-10(8-12(18)19)9(7-11(16)17)15-13(20)21-14(2,3)4/h5,9-10H,1,6-8H2,2-4H3,(H,15,20)(H,18,19). The van der Waals surface area contributed by atoms with Crippen molar-refractivity contribution in [1.29, 1.82) is 0 Å². The highest BCUT2D eigenvalue weighted by atomic mass is 16.6. The zero-order valence-electron chi connectivity index (χ0n) is 12.6. The van der Waals surface area contributed by atoms with E-state index in [1.807, 2.05) is 0 Å². The zero-order valence-corrected chi connectivity index (χ0v) is 12.6. The topological polar surface area (TPSA) is 95.9 Å². The average Bonchev–Trinajstić information content (AvgIpc) is 2.54. The van der Waals surface area contributed by atoms with Gasteiger partial charge >= 0.3 is 12.1 Å². The Balaban J connectivity index is 2.79. The van der Waals surface area contributed by atoms with Gasteiger partial charge in [-0.2, -0.15) is 0 Å². The molecule has 1 aliphatic rings. The Morgan fingerprint density at radius 2 is 2.14 bits per heavy atom. The molecular weight excluding hydrogens is 276 g/mol. The first kappa shape index (κ1) is 17.0. The van der Waals surface area contributed by atoms with Crippen molar-refractivity contribution < 1.29 is 24.2 Å². The van der Waals surface area contributed by atoms with Gasteiger partial charge in [-0.1, -0.05) is 6.08 Å². The van der Waals surface area contributed by atoms with E-state index in [1.165, 1.54) is 11.0 Å². The highest BCUT2D eigenvalue weighted by molar-refractivity contribution is 5.83. The predicted octanol–water partition coefficient (Wildman–Crippen LogP) is 1.14. The fourth-order valence-electron chi connectivity index (χ4n) is 2.26. The number of nitrogens with one attached hydrogen (secondary N) is 1. The maximum absolute atomic E-state index is 11.9. The SMILES string of the molecule is C=CCN1C(=O)CC(NC(=O)OC(C)(C)C)C1CC(=O)O. The van der Waals surface area contributed by atoms with Crippen LogP contribution in [0.1, 0.15) is 33.6 Å². The summed E-state index contributed by atoms with van der Waals surface area (Å²) in [7, 11) is 0. The summed E-state index contributed by atoms with van der Waals surface area (Å²) in [5, 5.41) is 11.6. The second kappa shape index (κ2) is 6.60. The Morgan fingerprint density at radius 1 is 1.52 bits per heavy atom. The normalized spacial score (nSPS) is 22.0. The summed E-state index contributed by atoms with van der Waals surface area (Å²) in [5.74, 6) is -1.23. The van der Waals surface area contributed by atoms with Crippen molar-refractivity contribution in [1.82, 2.24) is 10.2 Å². The highest BCUT2D eigenvalue weighted by Crippen LogP contribution is 2.23. The van der Waals surface area contributed by atoms with Gasteiger partial charge < -0.3 is 20.1 Å². The summed E-state index contributed by atoms with van der Waals surface area (Å²) < 4.78 is 5.14. The summed E-state index contributed by atoms with van der Waals surface area (Å²) in [6.07, 6.45) is 0.698. The van der Waals surface area contributed by atoms with Crippen molar-refractivity contribution in [2.24, 2.45) is 0 Å². The first-order valence-corrected chi connectivity index (χ1v) is 6.75. The molecule has 1 fully saturated rings. The molecule has 0 saturated carbocycles. The number of likely N-dealkylation sites (tertiary alicyclic amines) is 1. The van der Waals surface area contributed by atoms with E-state index in [1.54, 1.807) is 20.8 Å². The molecule has 2 atom stereocenters. The lowest BCUT2D eigenvalue weighted by Crippen LogP contribution is -2.47. The third-order valence-electron chi connectivity index (χ3n) is 2.99. The van der Waals surface area contributed by atoms with Gasteiger partial charge in [0, 0.05) is 13.0 Å². The molecule has 0 radical (unpaired) electrons. The highest BCUT2D eigenvalue weighted by Gasteiger charge is 2.41. The van der Waals surface area contributed by atoms with Crippen LogP contribution in [0.4, 0.5) is 4.79 Å². The predicted molar refractivity (Wildman–Crippen MR) is 75.7 cm³/mol. The van der Waals surface area contributed by atoms with Crippen LogP contribution in [-0.2, 0) is 14.3 Å². The van der Waals surface area contributed by atoms with Gasteiger partial charge in [0.1, 0.15) is 5.60 Å². The molecule has 0 bridgehead atoms. The molecule has 1 aliphatic heterocycles. The molecule has 7 nitrogen and oxygen atoms in total. The number of amides is 2. The van der Waals surface area contributed by atoms with Crippen LogP contribution < -0.4 is 5.32 Å². The summed E-state index contributed by atoms with van der Waals surface area (Å²) >= 11 is 0. The third-order valence-corrected chi connectivity index (χ3v) is 2.99. The van der Waals surface area contributed by atoms with E-state index < -0.39 is 29.7 Å². The maximum Gasteiger partial charge on any atom is 0.407 e. The van der Waals surface area contributed by atoms with Gasteiger partial charge in [0.2, 0.25) is 5.91 Å². The van der Waals surface area contributed by atoms with Crippen LogP contribution in [0.2, 0.25) is 0 Å². The fraction of sp³-hybridized carbons (Fsp3) is 0.643. The van der Waals surface area contributed by atoms with Crippen molar-refractivity contribution in [3.8, 4) is 0 Å². The second-order valence-electron chi connectivity index (χ2n) is 5.96. The molecule has 2 amide bonds. The quantitative estimate of drug-likeness (QED) is 0.742. The minimum Gasteiger partial charge on any atom is -0.481 e. The molecule has 2 N–H and O–H groups in total. The molecule has 7 heteroatoms. The minimum absolute atomic E-state index is 0.0605. The molecule has 0 spiro atoms. The van der Waals surface area contributed by atoms with Crippen molar-refractivity contribution in [2.45, 2.75) is 51.3 Å². The summed E-state index contributed by atoms with van der Waals surface area (Å²) in [6.45, 7) is 8.99. The van der Waals surface area contributed by atoms with Crippen LogP contribution in [0.5, 0.6) is 0 Å². The molecule has 1 saturated heterocycles. The summed E-state index contributed by atoms with van der Waals surface area (Å²) in [4.78, 5) is 36.1.